The van der Waals surface area contributed by atoms with Crippen LogP contribution in [0.1, 0.15) is 29.7 Å². The van der Waals surface area contributed by atoms with Crippen molar-refractivity contribution < 1.29 is 0 Å². The Bertz CT molecular complexity index is 635. The van der Waals surface area contributed by atoms with Gasteiger partial charge in [0, 0.05) is 18.0 Å². The van der Waals surface area contributed by atoms with Crippen molar-refractivity contribution in [3.8, 4) is 11.9 Å². The molecule has 0 spiro atoms. The molecule has 5 heteroatoms. The summed E-state index contributed by atoms with van der Waals surface area (Å²) in [6, 6.07) is 5.83. The fraction of sp³-hybridized carbons (Fsp3) is 0.308. The van der Waals surface area contributed by atoms with Crippen LogP contribution in [0.25, 0.3) is 5.82 Å². The lowest BCUT2D eigenvalue weighted by molar-refractivity contribution is 0.661. The lowest BCUT2D eigenvalue weighted by atomic mass is 9.95. The van der Waals surface area contributed by atoms with E-state index in [0.29, 0.717) is 17.2 Å². The fourth-order valence-corrected chi connectivity index (χ4v) is 2.34. The van der Waals surface area contributed by atoms with Crippen LogP contribution in [0.5, 0.6) is 0 Å². The Morgan fingerprint density at radius 3 is 2.89 bits per heavy atom. The van der Waals surface area contributed by atoms with Gasteiger partial charge < -0.3 is 5.73 Å². The average molecular weight is 239 g/mol. The first-order valence-electron chi connectivity index (χ1n) is 6.02. The van der Waals surface area contributed by atoms with E-state index in [-0.39, 0.29) is 0 Å². The van der Waals surface area contributed by atoms with E-state index in [0.717, 1.165) is 25.0 Å². The molecule has 0 bridgehead atoms. The van der Waals surface area contributed by atoms with Gasteiger partial charge >= 0.3 is 0 Å². The van der Waals surface area contributed by atoms with Gasteiger partial charge in [0.05, 0.1) is 5.56 Å². The summed E-state index contributed by atoms with van der Waals surface area (Å²) in [5.74, 6) is 1.01. The number of nitrogens with zero attached hydrogens (tertiary/aromatic N) is 4. The van der Waals surface area contributed by atoms with Crippen molar-refractivity contribution >= 4 is 5.82 Å². The quantitative estimate of drug-likeness (QED) is 0.819. The SMILES string of the molecule is N#Cc1cc2c(nc1-n1ccc(N)n1)CCCC2. The number of nitrogens with two attached hydrogens (primary N) is 1. The van der Waals surface area contributed by atoms with Gasteiger partial charge in [0.15, 0.2) is 5.82 Å². The maximum Gasteiger partial charge on any atom is 0.171 e. The molecule has 0 saturated heterocycles. The van der Waals surface area contributed by atoms with Gasteiger partial charge in [0.25, 0.3) is 0 Å². The van der Waals surface area contributed by atoms with Crippen LogP contribution in [0, 0.1) is 11.3 Å². The van der Waals surface area contributed by atoms with E-state index in [1.807, 2.05) is 6.07 Å². The second-order valence-electron chi connectivity index (χ2n) is 4.47. The van der Waals surface area contributed by atoms with Gasteiger partial charge in [-0.05, 0) is 37.3 Å². The van der Waals surface area contributed by atoms with E-state index in [4.69, 9.17) is 5.73 Å². The zero-order valence-corrected chi connectivity index (χ0v) is 9.93. The number of nitrogen functional groups attached to an aromatic ring is 1. The van der Waals surface area contributed by atoms with Crippen LogP contribution in [0.2, 0.25) is 0 Å². The summed E-state index contributed by atoms with van der Waals surface area (Å²) in [5.41, 5.74) is 8.44. The van der Waals surface area contributed by atoms with Crippen molar-refractivity contribution in [3.63, 3.8) is 0 Å². The molecule has 0 saturated carbocycles. The van der Waals surface area contributed by atoms with Crippen molar-refractivity contribution in [2.75, 3.05) is 5.73 Å². The molecule has 1 aliphatic rings. The van der Waals surface area contributed by atoms with Crippen molar-refractivity contribution in [1.82, 2.24) is 14.8 Å². The molecule has 0 atom stereocenters. The Hall–Kier alpha value is -2.35. The molecule has 0 fully saturated rings. The van der Waals surface area contributed by atoms with E-state index < -0.39 is 0 Å². The molecule has 1 aliphatic carbocycles. The highest BCUT2D eigenvalue weighted by molar-refractivity contribution is 5.48. The van der Waals surface area contributed by atoms with E-state index >= 15 is 0 Å². The molecule has 2 N–H and O–H groups in total. The molecule has 0 aromatic carbocycles. The second-order valence-corrected chi connectivity index (χ2v) is 4.47. The van der Waals surface area contributed by atoms with Crippen LogP contribution < -0.4 is 5.73 Å². The molecule has 0 unspecified atom stereocenters. The number of anilines is 1. The Morgan fingerprint density at radius 2 is 2.17 bits per heavy atom. The van der Waals surface area contributed by atoms with Gasteiger partial charge in [-0.25, -0.2) is 9.67 Å². The van der Waals surface area contributed by atoms with Crippen molar-refractivity contribution in [3.05, 3.63) is 35.2 Å². The minimum Gasteiger partial charge on any atom is -0.382 e. The zero-order valence-electron chi connectivity index (χ0n) is 9.93. The third kappa shape index (κ3) is 1.72. The van der Waals surface area contributed by atoms with Gasteiger partial charge in [0.1, 0.15) is 11.9 Å². The highest BCUT2D eigenvalue weighted by Crippen LogP contribution is 2.23. The lowest BCUT2D eigenvalue weighted by Crippen LogP contribution is -2.11. The summed E-state index contributed by atoms with van der Waals surface area (Å²) >= 11 is 0. The molecule has 2 aromatic heterocycles. The summed E-state index contributed by atoms with van der Waals surface area (Å²) in [4.78, 5) is 4.59. The lowest BCUT2D eigenvalue weighted by Gasteiger charge is -2.16. The number of pyridine rings is 1. The van der Waals surface area contributed by atoms with E-state index in [9.17, 15) is 5.26 Å². The average Bonchev–Trinajstić information content (AvgIpc) is 2.83. The van der Waals surface area contributed by atoms with E-state index in [2.05, 4.69) is 16.2 Å². The van der Waals surface area contributed by atoms with Gasteiger partial charge in [-0.1, -0.05) is 0 Å². The Kier molecular flexibility index (Phi) is 2.49. The summed E-state index contributed by atoms with van der Waals surface area (Å²) in [6.45, 7) is 0. The summed E-state index contributed by atoms with van der Waals surface area (Å²) in [7, 11) is 0. The minimum absolute atomic E-state index is 0.429. The molecular formula is C13H13N5. The van der Waals surface area contributed by atoms with Crippen molar-refractivity contribution in [1.29, 1.82) is 5.26 Å². The Labute approximate surface area is 105 Å². The molecule has 90 valence electrons. The smallest absolute Gasteiger partial charge is 0.171 e. The summed E-state index contributed by atoms with van der Waals surface area (Å²) in [6.07, 6.45) is 6.05. The molecule has 0 radical (unpaired) electrons. The number of nitriles is 1. The maximum absolute atomic E-state index is 9.23. The van der Waals surface area contributed by atoms with Crippen LogP contribution in [0.4, 0.5) is 5.82 Å². The molecule has 3 rings (SSSR count). The molecule has 5 nitrogen and oxygen atoms in total. The molecule has 18 heavy (non-hydrogen) atoms. The third-order valence-electron chi connectivity index (χ3n) is 3.23. The Morgan fingerprint density at radius 1 is 1.33 bits per heavy atom. The number of rotatable bonds is 1. The van der Waals surface area contributed by atoms with Gasteiger partial charge in [0.2, 0.25) is 0 Å². The molecule has 0 aliphatic heterocycles. The van der Waals surface area contributed by atoms with Crippen molar-refractivity contribution in [2.45, 2.75) is 25.7 Å². The highest BCUT2D eigenvalue weighted by atomic mass is 15.3. The molecule has 0 amide bonds. The van der Waals surface area contributed by atoms with Crippen LogP contribution in [0.15, 0.2) is 18.3 Å². The predicted molar refractivity (Wildman–Crippen MR) is 67.1 cm³/mol. The van der Waals surface area contributed by atoms with Crippen molar-refractivity contribution in [2.24, 2.45) is 0 Å². The molecular weight excluding hydrogens is 226 g/mol. The van der Waals surface area contributed by atoms with E-state index in [1.54, 1.807) is 16.9 Å². The van der Waals surface area contributed by atoms with Gasteiger partial charge in [-0.2, -0.15) is 5.26 Å². The summed E-state index contributed by atoms with van der Waals surface area (Å²) < 4.78 is 1.57. The second kappa shape index (κ2) is 4.15. The number of aromatic nitrogens is 3. The zero-order chi connectivity index (χ0) is 12.5. The monoisotopic (exact) mass is 239 g/mol. The predicted octanol–water partition coefficient (Wildman–Crippen LogP) is 1.60. The maximum atomic E-state index is 9.23. The van der Waals surface area contributed by atoms with Crippen LogP contribution in [-0.4, -0.2) is 14.8 Å². The van der Waals surface area contributed by atoms with Crippen LogP contribution >= 0.6 is 0 Å². The largest absolute Gasteiger partial charge is 0.382 e. The first kappa shape index (κ1) is 10.8. The minimum atomic E-state index is 0.429. The fourth-order valence-electron chi connectivity index (χ4n) is 2.34. The first-order valence-corrected chi connectivity index (χ1v) is 6.02. The number of hydrogen-bond acceptors (Lipinski definition) is 4. The standard InChI is InChI=1S/C13H13N5/c14-8-10-7-9-3-1-2-4-11(9)16-13(10)18-6-5-12(15)17-18/h5-7H,1-4H2,(H2,15,17). The normalized spacial score (nSPS) is 13.9. The van der Waals surface area contributed by atoms with Crippen LogP contribution in [0.3, 0.4) is 0 Å². The van der Waals surface area contributed by atoms with E-state index in [1.165, 1.54) is 12.0 Å². The molecule has 2 heterocycles. The number of aryl methyl sites for hydroxylation is 2. The highest BCUT2D eigenvalue weighted by Gasteiger charge is 2.16. The number of hydrogen-bond donors (Lipinski definition) is 1. The topological polar surface area (TPSA) is 80.5 Å². The van der Waals surface area contributed by atoms with Gasteiger partial charge in [-0.15, -0.1) is 5.10 Å². The summed E-state index contributed by atoms with van der Waals surface area (Å²) in [5, 5.41) is 13.3. The van der Waals surface area contributed by atoms with Gasteiger partial charge in [-0.3, -0.25) is 0 Å². The third-order valence-corrected chi connectivity index (χ3v) is 3.23. The molecule has 2 aromatic rings. The first-order chi connectivity index (χ1) is 8.78. The Balaban J connectivity index is 2.16. The number of fused-ring (bicyclic) bond motifs is 1. The van der Waals surface area contributed by atoms with Crippen LogP contribution in [-0.2, 0) is 12.8 Å².